The summed E-state index contributed by atoms with van der Waals surface area (Å²) in [4.78, 5) is 33.0. The Morgan fingerprint density at radius 2 is 1.71 bits per heavy atom. The van der Waals surface area contributed by atoms with Crippen LogP contribution in [-0.4, -0.2) is 51.3 Å². The molecule has 5 rings (SSSR count). The van der Waals surface area contributed by atoms with Gasteiger partial charge in [-0.2, -0.15) is 18.2 Å². The van der Waals surface area contributed by atoms with E-state index in [0.717, 1.165) is 40.7 Å². The van der Waals surface area contributed by atoms with Crippen molar-refractivity contribution < 1.29 is 42.9 Å². The standard InChI is InChI=1S/C37H40F4N4O2S/c1-4-43(5-2)19-20-44(22-29-12-11-28(21-25(29)3)27-13-15-30(16-14-27)37(39,40)41)34(46)23-45-33-8-6-7-32(33)35(47)42-36(45)48-24-26-9-17-31(38)18-10-26/h9-18,21H,4-8,19-20,22-24H2,1-3H3/i11D,12D,13D,14D,15D,16D,19D2,20D2,21D,22D2,24D2. The summed E-state index contributed by atoms with van der Waals surface area (Å²) in [5.41, 5.74) is -8.59. The number of likely N-dealkylation sites (N-methyl/N-ethyl adjacent to an activating group) is 1. The number of amides is 1. The van der Waals surface area contributed by atoms with E-state index in [0.29, 0.717) is 18.2 Å². The summed E-state index contributed by atoms with van der Waals surface area (Å²) in [6.07, 6.45) is -4.69. The largest absolute Gasteiger partial charge is 0.416 e. The van der Waals surface area contributed by atoms with Gasteiger partial charge in [0.05, 0.1) is 20.6 Å². The highest BCUT2D eigenvalue weighted by Gasteiger charge is 2.30. The molecule has 4 aromatic rings. The van der Waals surface area contributed by atoms with Crippen molar-refractivity contribution >= 4 is 17.7 Å². The van der Waals surface area contributed by atoms with E-state index in [-0.39, 0.29) is 47.7 Å². The second-order valence-electron chi connectivity index (χ2n) is 10.5. The smallest absolute Gasteiger partial charge is 0.336 e. The molecule has 6 nitrogen and oxygen atoms in total. The van der Waals surface area contributed by atoms with Gasteiger partial charge in [-0.1, -0.05) is 68.0 Å². The Labute approximate surface area is 303 Å². The maximum atomic E-state index is 14.9. The normalized spacial score (nSPS) is 18.5. The van der Waals surface area contributed by atoms with Crippen molar-refractivity contribution in [3.05, 3.63) is 116 Å². The van der Waals surface area contributed by atoms with Crippen LogP contribution < -0.4 is 5.56 Å². The Kier molecular flexibility index (Phi) is 6.63. The Balaban J connectivity index is 1.77. The van der Waals surface area contributed by atoms with Crippen LogP contribution in [-0.2, 0) is 42.6 Å². The molecule has 0 aliphatic heterocycles. The summed E-state index contributed by atoms with van der Waals surface area (Å²) in [5.74, 6) is -2.24. The molecule has 1 amide bonds. The number of halogens is 4. The highest BCUT2D eigenvalue weighted by molar-refractivity contribution is 7.98. The number of carbonyl (C=O) groups is 1. The number of alkyl halides is 3. The highest BCUT2D eigenvalue weighted by Crippen LogP contribution is 2.32. The van der Waals surface area contributed by atoms with Gasteiger partial charge in [0.1, 0.15) is 12.4 Å². The van der Waals surface area contributed by atoms with E-state index in [9.17, 15) is 32.6 Å². The van der Waals surface area contributed by atoms with Gasteiger partial charge in [-0.25, -0.2) is 4.39 Å². The van der Waals surface area contributed by atoms with E-state index in [2.05, 4.69) is 4.98 Å². The lowest BCUT2D eigenvalue weighted by molar-refractivity contribution is -0.137. The third-order valence-corrected chi connectivity index (χ3v) is 8.15. The minimum Gasteiger partial charge on any atom is -0.336 e. The molecule has 0 fully saturated rings. The zero-order valence-corrected chi connectivity index (χ0v) is 26.9. The average molecular weight is 696 g/mol. The van der Waals surface area contributed by atoms with E-state index < -0.39 is 130 Å². The van der Waals surface area contributed by atoms with Crippen LogP contribution in [0.25, 0.3) is 11.1 Å². The second kappa shape index (κ2) is 15.5. The minimum atomic E-state index is -5.35. The lowest BCUT2D eigenvalue weighted by Crippen LogP contribution is -2.40. The first-order chi connectivity index (χ1) is 28.9. The van der Waals surface area contributed by atoms with Crippen molar-refractivity contribution in [2.24, 2.45) is 0 Å². The Morgan fingerprint density at radius 1 is 1.02 bits per heavy atom. The van der Waals surface area contributed by atoms with E-state index >= 15 is 0 Å². The van der Waals surface area contributed by atoms with Gasteiger partial charge in [0.2, 0.25) is 5.91 Å². The molecule has 1 aliphatic carbocycles. The molecule has 0 N–H and O–H groups in total. The highest BCUT2D eigenvalue weighted by atomic mass is 32.2. The van der Waals surface area contributed by atoms with Crippen molar-refractivity contribution in [3.63, 3.8) is 0 Å². The van der Waals surface area contributed by atoms with Gasteiger partial charge < -0.3 is 14.4 Å². The third-order valence-electron chi connectivity index (χ3n) is 7.31. The van der Waals surface area contributed by atoms with Crippen LogP contribution >= 0.6 is 11.8 Å². The molecule has 0 atom stereocenters. The molecule has 1 aromatic heterocycles. The molecule has 0 spiro atoms. The molecule has 48 heavy (non-hydrogen) atoms. The molecule has 254 valence electrons. The van der Waals surface area contributed by atoms with Crippen LogP contribution in [0.15, 0.2) is 76.5 Å². The molecule has 11 heteroatoms. The van der Waals surface area contributed by atoms with Gasteiger partial charge >= 0.3 is 6.18 Å². The van der Waals surface area contributed by atoms with Gasteiger partial charge in [-0.3, -0.25) is 9.59 Å². The van der Waals surface area contributed by atoms with Gasteiger partial charge in [0.25, 0.3) is 5.56 Å². The molecule has 0 bridgehead atoms. The Bertz CT molecular complexity index is 2480. The van der Waals surface area contributed by atoms with Crippen molar-refractivity contribution in [1.82, 2.24) is 19.4 Å². The van der Waals surface area contributed by atoms with E-state index in [1.165, 1.54) is 13.8 Å². The minimum absolute atomic E-state index is 0.0770. The number of aromatic nitrogens is 2. The SMILES string of the molecule is [2H]c1c([2H])c(C(F)(F)F)c([2H])c([2H])c1-c1c([2H])c([2H])c(C([2H])([2H])N(C(=O)Cn2c(SC([2H])([2H])c3ccc(F)cc3)nc(=O)c3c2CCC3)C([2H])([2H])C([2H])([2H])N(CC)CC)c(C)c1[2H]. The fraction of sp³-hybridized carbons (Fsp3) is 0.378. The summed E-state index contributed by atoms with van der Waals surface area (Å²) < 4.78 is 189. The summed E-state index contributed by atoms with van der Waals surface area (Å²) in [7, 11) is 0. The number of hydrogen-bond acceptors (Lipinski definition) is 5. The quantitative estimate of drug-likeness (QED) is 0.0823. The molecule has 1 aliphatic rings. The maximum absolute atomic E-state index is 14.9. The molecule has 0 saturated carbocycles. The molecule has 0 saturated heterocycles. The number of nitrogens with zero attached hydrogens (tertiary/aromatic N) is 4. The monoisotopic (exact) mass is 695 g/mol. The third kappa shape index (κ3) is 8.54. The maximum Gasteiger partial charge on any atom is 0.416 e. The van der Waals surface area contributed by atoms with E-state index in [1.807, 2.05) is 0 Å². The van der Waals surface area contributed by atoms with Crippen molar-refractivity contribution in [1.29, 1.82) is 0 Å². The number of rotatable bonds is 13. The molecular weight excluding hydrogens is 640 g/mol. The van der Waals surface area contributed by atoms with Crippen molar-refractivity contribution in [3.8, 4) is 11.1 Å². The number of thioether (sulfide) groups is 1. The molecular formula is C37H40F4N4O2S. The zero-order valence-electron chi connectivity index (χ0n) is 41.1. The lowest BCUT2D eigenvalue weighted by atomic mass is 9.98. The fourth-order valence-corrected chi connectivity index (χ4v) is 5.50. The van der Waals surface area contributed by atoms with Crippen LogP contribution in [0.2, 0.25) is 0 Å². The lowest BCUT2D eigenvalue weighted by Gasteiger charge is -2.28. The number of fused-ring (bicyclic) bond motifs is 1. The van der Waals surface area contributed by atoms with E-state index in [1.54, 1.807) is 0 Å². The molecule has 1 heterocycles. The van der Waals surface area contributed by atoms with Gasteiger partial charge in [0.15, 0.2) is 5.16 Å². The van der Waals surface area contributed by atoms with Crippen molar-refractivity contribution in [2.45, 2.75) is 70.1 Å². The molecule has 0 unspecified atom stereocenters. The van der Waals surface area contributed by atoms with Crippen LogP contribution in [0, 0.1) is 12.7 Å². The van der Waals surface area contributed by atoms with E-state index in [4.69, 9.17) is 15.1 Å². The number of hydrogen-bond donors (Lipinski definition) is 0. The molecule has 0 radical (unpaired) electrons. The topological polar surface area (TPSA) is 58.4 Å². The summed E-state index contributed by atoms with van der Waals surface area (Å²) in [6, 6.07) is -4.99. The Hall–Kier alpha value is -3.96. The number of benzene rings is 3. The van der Waals surface area contributed by atoms with Gasteiger partial charge in [0, 0.05) is 41.9 Å². The van der Waals surface area contributed by atoms with Crippen LogP contribution in [0.5, 0.6) is 0 Å². The van der Waals surface area contributed by atoms with Crippen LogP contribution in [0.4, 0.5) is 17.6 Å². The average Bonchev–Trinajstić information content (AvgIpc) is 3.67. The predicted octanol–water partition coefficient (Wildman–Crippen LogP) is 7.53. The van der Waals surface area contributed by atoms with Crippen LogP contribution in [0.1, 0.15) is 74.3 Å². The Morgan fingerprint density at radius 3 is 2.38 bits per heavy atom. The van der Waals surface area contributed by atoms with Gasteiger partial charge in [-0.15, -0.1) is 0 Å². The summed E-state index contributed by atoms with van der Waals surface area (Å²) in [6.45, 7) is -8.28. The number of carbonyl (C=O) groups excluding carboxylic acids is 1. The second-order valence-corrected chi connectivity index (χ2v) is 11.3. The first-order valence-electron chi connectivity index (χ1n) is 22.4. The summed E-state index contributed by atoms with van der Waals surface area (Å²) >= 11 is 0.332. The molecule has 3 aromatic carbocycles. The predicted molar refractivity (Wildman–Crippen MR) is 181 cm³/mol. The first-order valence-corrected chi connectivity index (χ1v) is 15.7. The fourth-order valence-electron chi connectivity index (χ4n) is 4.74. The zero-order chi connectivity index (χ0) is 47.7. The first kappa shape index (κ1) is 20.5. The van der Waals surface area contributed by atoms with Gasteiger partial charge in [-0.05, 0) is 91.3 Å². The van der Waals surface area contributed by atoms with Crippen LogP contribution in [0.3, 0.4) is 0 Å². The van der Waals surface area contributed by atoms with Crippen molar-refractivity contribution in [2.75, 3.05) is 26.1 Å². The summed E-state index contributed by atoms with van der Waals surface area (Å²) in [5, 5.41) is -0.434.